The predicted octanol–water partition coefficient (Wildman–Crippen LogP) is 4.41. The van der Waals surface area contributed by atoms with E-state index in [0.29, 0.717) is 34.2 Å². The van der Waals surface area contributed by atoms with Crippen LogP contribution in [0, 0.1) is 13.8 Å². The lowest BCUT2D eigenvalue weighted by Gasteiger charge is -2.13. The minimum absolute atomic E-state index is 0.158. The first-order valence-corrected chi connectivity index (χ1v) is 11.2. The van der Waals surface area contributed by atoms with Gasteiger partial charge in [0.1, 0.15) is 0 Å². The zero-order valence-electron chi connectivity index (χ0n) is 17.4. The minimum atomic E-state index is -3.75. The van der Waals surface area contributed by atoms with Gasteiger partial charge >= 0.3 is 0 Å². The average molecular weight is 449 g/mol. The van der Waals surface area contributed by atoms with Crippen LogP contribution < -0.4 is 10.0 Å². The van der Waals surface area contributed by atoms with Crippen LogP contribution >= 0.6 is 0 Å². The van der Waals surface area contributed by atoms with Gasteiger partial charge < -0.3 is 9.84 Å². The molecule has 0 aliphatic rings. The number of nitrogens with one attached hydrogen (secondary N) is 2. The molecule has 0 spiro atoms. The van der Waals surface area contributed by atoms with E-state index in [1.165, 1.54) is 12.1 Å². The molecule has 0 aliphatic heterocycles. The molecule has 0 fully saturated rings. The first-order chi connectivity index (χ1) is 15.3. The van der Waals surface area contributed by atoms with Gasteiger partial charge in [0.15, 0.2) is 5.82 Å². The number of anilines is 2. The molecule has 4 aromatic rings. The van der Waals surface area contributed by atoms with Crippen molar-refractivity contribution in [3.8, 4) is 11.5 Å². The number of aryl methyl sites for hydroxylation is 2. The van der Waals surface area contributed by atoms with Gasteiger partial charge in [0.2, 0.25) is 0 Å². The molecule has 9 heteroatoms. The van der Waals surface area contributed by atoms with Crippen molar-refractivity contribution >= 4 is 27.3 Å². The lowest BCUT2D eigenvalue weighted by atomic mass is 10.1. The number of rotatable bonds is 6. The zero-order valence-corrected chi connectivity index (χ0v) is 18.2. The van der Waals surface area contributed by atoms with E-state index < -0.39 is 10.0 Å². The van der Waals surface area contributed by atoms with Gasteiger partial charge in [-0.3, -0.25) is 9.52 Å². The summed E-state index contributed by atoms with van der Waals surface area (Å²) >= 11 is 0. The van der Waals surface area contributed by atoms with E-state index >= 15 is 0 Å². The Morgan fingerprint density at radius 2 is 1.66 bits per heavy atom. The van der Waals surface area contributed by atoms with Crippen LogP contribution in [-0.4, -0.2) is 24.5 Å². The minimum Gasteiger partial charge on any atom is -0.334 e. The summed E-state index contributed by atoms with van der Waals surface area (Å²) in [6, 6.07) is 19.9. The number of benzene rings is 3. The van der Waals surface area contributed by atoms with E-state index in [1.54, 1.807) is 74.5 Å². The summed E-state index contributed by atoms with van der Waals surface area (Å²) in [5, 5.41) is 6.54. The number of amides is 1. The summed E-state index contributed by atoms with van der Waals surface area (Å²) in [6.45, 7) is 3.51. The highest BCUT2D eigenvalue weighted by atomic mass is 32.2. The highest BCUT2D eigenvalue weighted by molar-refractivity contribution is 7.92. The molecule has 1 amide bonds. The third-order valence-electron chi connectivity index (χ3n) is 4.71. The second-order valence-electron chi connectivity index (χ2n) is 7.13. The lowest BCUT2D eigenvalue weighted by molar-refractivity contribution is 0.102. The highest BCUT2D eigenvalue weighted by Crippen LogP contribution is 2.24. The lowest BCUT2D eigenvalue weighted by Crippen LogP contribution is -2.15. The molecule has 3 aromatic carbocycles. The molecule has 162 valence electrons. The van der Waals surface area contributed by atoms with Crippen molar-refractivity contribution in [1.82, 2.24) is 10.1 Å². The molecule has 2 N–H and O–H groups in total. The molecular weight excluding hydrogens is 428 g/mol. The van der Waals surface area contributed by atoms with E-state index in [4.69, 9.17) is 4.52 Å². The van der Waals surface area contributed by atoms with E-state index in [-0.39, 0.29) is 10.8 Å². The molecule has 0 saturated heterocycles. The van der Waals surface area contributed by atoms with E-state index in [0.717, 1.165) is 5.56 Å². The summed E-state index contributed by atoms with van der Waals surface area (Å²) in [6.07, 6.45) is 0. The maximum absolute atomic E-state index is 12.7. The van der Waals surface area contributed by atoms with Gasteiger partial charge in [0.25, 0.3) is 21.8 Å². The van der Waals surface area contributed by atoms with Gasteiger partial charge in [-0.1, -0.05) is 29.4 Å². The summed E-state index contributed by atoms with van der Waals surface area (Å²) in [5.74, 6) is 0.571. The van der Waals surface area contributed by atoms with Crippen molar-refractivity contribution in [3.05, 3.63) is 89.7 Å². The molecule has 0 unspecified atom stereocenters. The Kier molecular flexibility index (Phi) is 5.74. The molecule has 1 aromatic heterocycles. The monoisotopic (exact) mass is 448 g/mol. The first-order valence-electron chi connectivity index (χ1n) is 9.72. The van der Waals surface area contributed by atoms with Crippen LogP contribution in [0.3, 0.4) is 0 Å². The maximum atomic E-state index is 12.7. The molecule has 0 atom stereocenters. The smallest absolute Gasteiger partial charge is 0.261 e. The number of carbonyl (C=O) groups is 1. The van der Waals surface area contributed by atoms with Crippen LogP contribution in [0.1, 0.15) is 21.7 Å². The predicted molar refractivity (Wildman–Crippen MR) is 121 cm³/mol. The van der Waals surface area contributed by atoms with Crippen LogP contribution in [0.4, 0.5) is 11.4 Å². The van der Waals surface area contributed by atoms with Crippen molar-refractivity contribution in [2.24, 2.45) is 0 Å². The van der Waals surface area contributed by atoms with Crippen LogP contribution in [0.2, 0.25) is 0 Å². The molecule has 8 nitrogen and oxygen atoms in total. The molecule has 1 heterocycles. The Hall–Kier alpha value is -3.98. The second-order valence-corrected chi connectivity index (χ2v) is 8.81. The fourth-order valence-electron chi connectivity index (χ4n) is 2.99. The highest BCUT2D eigenvalue weighted by Gasteiger charge is 2.16. The Labute approximate surface area is 185 Å². The number of hydrogen-bond acceptors (Lipinski definition) is 6. The van der Waals surface area contributed by atoms with E-state index in [2.05, 4.69) is 20.2 Å². The number of carbonyl (C=O) groups excluding carboxylic acids is 1. The number of aromatic nitrogens is 2. The summed E-state index contributed by atoms with van der Waals surface area (Å²) in [7, 11) is -3.75. The number of nitrogens with zero attached hydrogens (tertiary/aromatic N) is 2. The topological polar surface area (TPSA) is 114 Å². The third-order valence-corrected chi connectivity index (χ3v) is 6.10. The summed E-state index contributed by atoms with van der Waals surface area (Å²) in [4.78, 5) is 17.0. The van der Waals surface area contributed by atoms with Gasteiger partial charge in [-0.15, -0.1) is 0 Å². The number of sulfonamides is 1. The van der Waals surface area contributed by atoms with Gasteiger partial charge in [-0.05, 0) is 67.9 Å². The molecule has 0 radical (unpaired) electrons. The van der Waals surface area contributed by atoms with Crippen molar-refractivity contribution in [3.63, 3.8) is 0 Å². The third kappa shape index (κ3) is 4.68. The Bertz CT molecular complexity index is 1360. The Morgan fingerprint density at radius 3 is 2.31 bits per heavy atom. The SMILES string of the molecule is Cc1noc(-c2ccc(C(=O)Nc3ccc(C)c(NS(=O)(=O)c4ccccc4)c3)cc2)n1. The largest absolute Gasteiger partial charge is 0.334 e. The quantitative estimate of drug-likeness (QED) is 0.452. The van der Waals surface area contributed by atoms with Crippen molar-refractivity contribution < 1.29 is 17.7 Å². The van der Waals surface area contributed by atoms with Gasteiger partial charge in [-0.25, -0.2) is 8.42 Å². The van der Waals surface area contributed by atoms with E-state index in [1.807, 2.05) is 0 Å². The van der Waals surface area contributed by atoms with Crippen LogP contribution in [-0.2, 0) is 10.0 Å². The van der Waals surface area contributed by atoms with E-state index in [9.17, 15) is 13.2 Å². The van der Waals surface area contributed by atoms with Crippen molar-refractivity contribution in [2.45, 2.75) is 18.7 Å². The standard InChI is InChI=1S/C23H20N4O4S/c1-15-8-13-19(14-21(15)27-32(29,30)20-6-4-3-5-7-20)25-22(28)17-9-11-18(12-10-17)23-24-16(2)26-31-23/h3-14,27H,1-2H3,(H,25,28). The molecule has 32 heavy (non-hydrogen) atoms. The van der Waals surface area contributed by atoms with Crippen LogP contribution in [0.5, 0.6) is 0 Å². The fourth-order valence-corrected chi connectivity index (χ4v) is 4.14. The Balaban J connectivity index is 1.50. The fraction of sp³-hybridized carbons (Fsp3) is 0.0870. The molecular formula is C23H20N4O4S. The van der Waals surface area contributed by atoms with Gasteiger partial charge in [0, 0.05) is 16.8 Å². The molecule has 0 aliphatic carbocycles. The maximum Gasteiger partial charge on any atom is 0.261 e. The zero-order chi connectivity index (χ0) is 22.7. The van der Waals surface area contributed by atoms with Gasteiger partial charge in [0.05, 0.1) is 10.6 Å². The van der Waals surface area contributed by atoms with Crippen molar-refractivity contribution in [1.29, 1.82) is 0 Å². The molecule has 4 rings (SSSR count). The second kappa shape index (κ2) is 8.64. The number of hydrogen-bond donors (Lipinski definition) is 2. The molecule has 0 bridgehead atoms. The first kappa shape index (κ1) is 21.3. The summed E-state index contributed by atoms with van der Waals surface area (Å²) in [5.41, 5.74) is 2.70. The molecule has 0 saturated carbocycles. The Morgan fingerprint density at radius 1 is 0.938 bits per heavy atom. The van der Waals surface area contributed by atoms with Crippen molar-refractivity contribution in [2.75, 3.05) is 10.0 Å². The van der Waals surface area contributed by atoms with Crippen LogP contribution in [0.15, 0.2) is 82.2 Å². The van der Waals surface area contributed by atoms with Gasteiger partial charge in [-0.2, -0.15) is 4.98 Å². The summed E-state index contributed by atoms with van der Waals surface area (Å²) < 4.78 is 33.0. The average Bonchev–Trinajstić information content (AvgIpc) is 3.23. The normalized spacial score (nSPS) is 11.2. The van der Waals surface area contributed by atoms with Crippen LogP contribution in [0.25, 0.3) is 11.5 Å².